The fourth-order valence-electron chi connectivity index (χ4n) is 4.49. The minimum atomic E-state index is 0.761. The number of unbranched alkanes of at least 4 members (excludes halogenated alkanes) is 1. The van der Waals surface area contributed by atoms with Crippen molar-refractivity contribution in [2.24, 2.45) is 11.8 Å². The van der Waals surface area contributed by atoms with Crippen molar-refractivity contribution in [3.63, 3.8) is 0 Å². The van der Waals surface area contributed by atoms with Gasteiger partial charge in [0.1, 0.15) is 5.75 Å². The second-order valence-corrected chi connectivity index (χ2v) is 8.82. The molecule has 0 heterocycles. The summed E-state index contributed by atoms with van der Waals surface area (Å²) in [4.78, 5) is 0. The molecule has 152 valence electrons. The minimum absolute atomic E-state index is 0.761. The van der Waals surface area contributed by atoms with Crippen molar-refractivity contribution in [3.05, 3.63) is 54.1 Å². The van der Waals surface area contributed by atoms with Gasteiger partial charge in [0.05, 0.1) is 6.61 Å². The van der Waals surface area contributed by atoms with Crippen molar-refractivity contribution < 1.29 is 4.74 Å². The van der Waals surface area contributed by atoms with E-state index in [1.807, 2.05) is 0 Å². The van der Waals surface area contributed by atoms with Crippen LogP contribution in [0.15, 0.2) is 48.5 Å². The van der Waals surface area contributed by atoms with E-state index in [1.54, 1.807) is 0 Å². The number of ether oxygens (including phenoxy) is 1. The number of hydrogen-bond acceptors (Lipinski definition) is 1. The molecular formula is C27H38O. The van der Waals surface area contributed by atoms with Crippen LogP contribution in [0.4, 0.5) is 0 Å². The van der Waals surface area contributed by atoms with Gasteiger partial charge in [-0.1, -0.05) is 70.0 Å². The molecule has 2 aromatic rings. The highest BCUT2D eigenvalue weighted by molar-refractivity contribution is 5.64. The first-order chi connectivity index (χ1) is 13.7. The Kier molecular flexibility index (Phi) is 8.01. The van der Waals surface area contributed by atoms with Crippen LogP contribution in [0.25, 0.3) is 11.1 Å². The summed E-state index contributed by atoms with van der Waals surface area (Å²) in [6.45, 7) is 7.73. The monoisotopic (exact) mass is 378 g/mol. The summed E-state index contributed by atoms with van der Waals surface area (Å²) in [6, 6.07) is 17.9. The van der Waals surface area contributed by atoms with Crippen LogP contribution in [0, 0.1) is 11.8 Å². The molecule has 0 aromatic heterocycles. The Labute approximate surface area is 172 Å². The lowest BCUT2D eigenvalue weighted by Gasteiger charge is -2.30. The van der Waals surface area contributed by atoms with Gasteiger partial charge in [-0.25, -0.2) is 0 Å². The molecule has 0 aliphatic heterocycles. The van der Waals surface area contributed by atoms with Crippen molar-refractivity contribution in [2.75, 3.05) is 6.61 Å². The van der Waals surface area contributed by atoms with E-state index >= 15 is 0 Å². The van der Waals surface area contributed by atoms with Crippen LogP contribution in [0.5, 0.6) is 5.75 Å². The van der Waals surface area contributed by atoms with E-state index in [0.717, 1.165) is 36.5 Å². The highest BCUT2D eigenvalue weighted by atomic mass is 16.5. The molecule has 1 aliphatic carbocycles. The average Bonchev–Trinajstić information content (AvgIpc) is 2.75. The maximum absolute atomic E-state index is 5.78. The Morgan fingerprint density at radius 3 is 2.04 bits per heavy atom. The molecule has 1 unspecified atom stereocenters. The van der Waals surface area contributed by atoms with Gasteiger partial charge in [-0.3, -0.25) is 0 Å². The van der Waals surface area contributed by atoms with Crippen LogP contribution >= 0.6 is 0 Å². The molecule has 1 fully saturated rings. The number of rotatable bonds is 9. The Bertz CT molecular complexity index is 677. The van der Waals surface area contributed by atoms with Crippen LogP contribution in [-0.4, -0.2) is 6.61 Å². The summed E-state index contributed by atoms with van der Waals surface area (Å²) in [7, 11) is 0. The van der Waals surface area contributed by atoms with Gasteiger partial charge < -0.3 is 4.74 Å². The second kappa shape index (κ2) is 10.7. The van der Waals surface area contributed by atoms with Crippen LogP contribution in [-0.2, 0) is 0 Å². The molecule has 0 saturated heterocycles. The Morgan fingerprint density at radius 1 is 0.857 bits per heavy atom. The fourth-order valence-corrected chi connectivity index (χ4v) is 4.49. The van der Waals surface area contributed by atoms with Crippen LogP contribution in [0.2, 0.25) is 0 Å². The van der Waals surface area contributed by atoms with Crippen LogP contribution < -0.4 is 4.74 Å². The molecule has 0 bridgehead atoms. The lowest BCUT2D eigenvalue weighted by atomic mass is 9.75. The van der Waals surface area contributed by atoms with E-state index in [2.05, 4.69) is 69.3 Å². The molecule has 1 heteroatoms. The van der Waals surface area contributed by atoms with Gasteiger partial charge in [0, 0.05) is 0 Å². The fraction of sp³-hybridized carbons (Fsp3) is 0.556. The molecule has 1 saturated carbocycles. The summed E-state index contributed by atoms with van der Waals surface area (Å²) in [5, 5.41) is 0. The highest BCUT2D eigenvalue weighted by Crippen LogP contribution is 2.39. The summed E-state index contributed by atoms with van der Waals surface area (Å²) < 4.78 is 5.78. The lowest BCUT2D eigenvalue weighted by molar-refractivity contribution is 0.273. The molecule has 0 spiro atoms. The molecule has 3 rings (SSSR count). The predicted molar refractivity (Wildman–Crippen MR) is 121 cm³/mol. The molecule has 0 N–H and O–H groups in total. The van der Waals surface area contributed by atoms with E-state index in [-0.39, 0.29) is 0 Å². The Balaban J connectivity index is 1.54. The average molecular weight is 379 g/mol. The molecule has 28 heavy (non-hydrogen) atoms. The third-order valence-corrected chi connectivity index (χ3v) is 6.62. The molecule has 1 aliphatic rings. The lowest BCUT2D eigenvalue weighted by Crippen LogP contribution is -2.15. The van der Waals surface area contributed by atoms with Crippen LogP contribution in [0.3, 0.4) is 0 Å². The smallest absolute Gasteiger partial charge is 0.119 e. The van der Waals surface area contributed by atoms with E-state index in [1.165, 1.54) is 61.6 Å². The number of benzene rings is 2. The van der Waals surface area contributed by atoms with Gasteiger partial charge in [-0.05, 0) is 85.1 Å². The quantitative estimate of drug-likeness (QED) is 0.399. The maximum atomic E-state index is 5.78. The van der Waals surface area contributed by atoms with Crippen molar-refractivity contribution >= 4 is 0 Å². The first-order valence-electron chi connectivity index (χ1n) is 11.5. The highest BCUT2D eigenvalue weighted by Gasteiger charge is 2.23. The van der Waals surface area contributed by atoms with E-state index < -0.39 is 0 Å². The molecule has 0 amide bonds. The normalized spacial score (nSPS) is 20.7. The van der Waals surface area contributed by atoms with Crippen molar-refractivity contribution in [1.82, 2.24) is 0 Å². The zero-order valence-electron chi connectivity index (χ0n) is 18.1. The van der Waals surface area contributed by atoms with Crippen molar-refractivity contribution in [3.8, 4) is 16.9 Å². The molecule has 1 atom stereocenters. The first-order valence-corrected chi connectivity index (χ1v) is 11.5. The first kappa shape index (κ1) is 21.0. The largest absolute Gasteiger partial charge is 0.494 e. The van der Waals surface area contributed by atoms with Crippen molar-refractivity contribution in [2.45, 2.75) is 78.1 Å². The Hall–Kier alpha value is -1.76. The van der Waals surface area contributed by atoms with Gasteiger partial charge in [-0.2, -0.15) is 0 Å². The minimum Gasteiger partial charge on any atom is -0.494 e. The van der Waals surface area contributed by atoms with Gasteiger partial charge >= 0.3 is 0 Å². The van der Waals surface area contributed by atoms with Crippen LogP contribution in [0.1, 0.15) is 83.6 Å². The summed E-state index contributed by atoms with van der Waals surface area (Å²) in [5.74, 6) is 3.59. The van der Waals surface area contributed by atoms with Gasteiger partial charge in [0.2, 0.25) is 0 Å². The summed E-state index contributed by atoms with van der Waals surface area (Å²) in [5.41, 5.74) is 4.10. The molecule has 2 aromatic carbocycles. The predicted octanol–water partition coefficient (Wildman–Crippen LogP) is 8.24. The third-order valence-electron chi connectivity index (χ3n) is 6.62. The molecule has 1 nitrogen and oxygen atoms in total. The van der Waals surface area contributed by atoms with Gasteiger partial charge in [0.15, 0.2) is 0 Å². The van der Waals surface area contributed by atoms with E-state index in [0.29, 0.717) is 0 Å². The van der Waals surface area contributed by atoms with Gasteiger partial charge in [-0.15, -0.1) is 0 Å². The zero-order valence-corrected chi connectivity index (χ0v) is 18.1. The van der Waals surface area contributed by atoms with E-state index in [4.69, 9.17) is 4.74 Å². The van der Waals surface area contributed by atoms with E-state index in [9.17, 15) is 0 Å². The molecular weight excluding hydrogens is 340 g/mol. The SMILES string of the molecule is CCCCOc1ccc(-c2ccc(C3CCC(CC(C)CC)CC3)cc2)cc1. The topological polar surface area (TPSA) is 9.23 Å². The molecule has 0 radical (unpaired) electrons. The maximum Gasteiger partial charge on any atom is 0.119 e. The summed E-state index contributed by atoms with van der Waals surface area (Å²) >= 11 is 0. The summed E-state index contributed by atoms with van der Waals surface area (Å²) in [6.07, 6.45) is 10.6. The third kappa shape index (κ3) is 5.87. The Morgan fingerprint density at radius 2 is 1.46 bits per heavy atom. The van der Waals surface area contributed by atoms with Crippen molar-refractivity contribution in [1.29, 1.82) is 0 Å². The standard InChI is InChI=1S/C27H38O/c1-4-6-19-28-27-17-15-26(16-18-27)25-13-11-24(12-14-25)23-9-7-22(8-10-23)20-21(3)5-2/h11-18,21-23H,4-10,19-20H2,1-3H3. The zero-order chi connectivity index (χ0) is 19.8. The second-order valence-electron chi connectivity index (χ2n) is 8.82. The number of hydrogen-bond donors (Lipinski definition) is 0. The van der Waals surface area contributed by atoms with Gasteiger partial charge in [0.25, 0.3) is 0 Å².